The van der Waals surface area contributed by atoms with Crippen molar-refractivity contribution in [3.63, 3.8) is 0 Å². The van der Waals surface area contributed by atoms with Gasteiger partial charge in [0.1, 0.15) is 6.61 Å². The zero-order valence-electron chi connectivity index (χ0n) is 22.9. The third-order valence-electron chi connectivity index (χ3n) is 6.48. The van der Waals surface area contributed by atoms with E-state index in [-0.39, 0.29) is 18.8 Å². The number of hydrogen-bond donors (Lipinski definition) is 1. The minimum Gasteiger partial charge on any atom is -0.481 e. The van der Waals surface area contributed by atoms with E-state index in [9.17, 15) is 18.0 Å². The fourth-order valence-electron chi connectivity index (χ4n) is 4.33. The highest BCUT2D eigenvalue weighted by atomic mass is 19.4. The van der Waals surface area contributed by atoms with E-state index >= 15 is 0 Å². The number of pyridine rings is 1. The summed E-state index contributed by atoms with van der Waals surface area (Å²) in [5, 5.41) is 18.1. The third-order valence-corrected chi connectivity index (χ3v) is 6.48. The number of carboxylic acids is 1. The van der Waals surface area contributed by atoms with Crippen LogP contribution < -0.4 is 9.47 Å². The lowest BCUT2D eigenvalue weighted by Gasteiger charge is -2.07. The lowest BCUT2D eigenvalue weighted by molar-refractivity contribution is -0.138. The third kappa shape index (κ3) is 7.79. The zero-order chi connectivity index (χ0) is 30.2. The average molecular weight is 592 g/mol. The van der Waals surface area contributed by atoms with Gasteiger partial charge < -0.3 is 14.6 Å². The summed E-state index contributed by atoms with van der Waals surface area (Å²) < 4.78 is 54.0. The number of benzene rings is 2. The molecule has 0 saturated heterocycles. The lowest BCUT2D eigenvalue weighted by atomic mass is 10.2. The summed E-state index contributed by atoms with van der Waals surface area (Å²) in [6, 6.07) is 22.9. The van der Waals surface area contributed by atoms with E-state index in [4.69, 9.17) is 14.6 Å². The first kappa shape index (κ1) is 29.4. The maximum atomic E-state index is 13.0. The van der Waals surface area contributed by atoms with Crippen LogP contribution in [-0.4, -0.2) is 42.2 Å². The van der Waals surface area contributed by atoms with Gasteiger partial charge in [0.15, 0.2) is 5.82 Å². The molecule has 1 N–H and O–H groups in total. The van der Waals surface area contributed by atoms with Crippen LogP contribution in [0.25, 0.3) is 11.5 Å². The van der Waals surface area contributed by atoms with E-state index in [0.717, 1.165) is 29.1 Å². The first-order chi connectivity index (χ1) is 20.8. The van der Waals surface area contributed by atoms with Gasteiger partial charge in [-0.1, -0.05) is 48.5 Å². The maximum Gasteiger partial charge on any atom is 0.417 e. The molecule has 0 fully saturated rings. The molecule has 5 rings (SSSR count). The van der Waals surface area contributed by atoms with Crippen LogP contribution in [0.4, 0.5) is 13.2 Å². The lowest BCUT2D eigenvalue weighted by Crippen LogP contribution is -2.07. The number of rotatable bonds is 13. The molecule has 0 spiro atoms. The second-order valence-electron chi connectivity index (χ2n) is 9.65. The Morgan fingerprint density at radius 1 is 0.907 bits per heavy atom. The number of alkyl halides is 3. The summed E-state index contributed by atoms with van der Waals surface area (Å²) in [7, 11) is 0. The Labute approximate surface area is 245 Å². The molecule has 0 atom stereocenters. The number of aliphatic carboxylic acids is 1. The molecule has 3 aromatic heterocycles. The van der Waals surface area contributed by atoms with Gasteiger partial charge >= 0.3 is 12.1 Å². The molecule has 0 aliphatic heterocycles. The quantitative estimate of drug-likeness (QED) is 0.166. The van der Waals surface area contributed by atoms with Gasteiger partial charge in [-0.25, -0.2) is 14.3 Å². The van der Waals surface area contributed by atoms with E-state index in [1.54, 1.807) is 16.9 Å². The maximum absolute atomic E-state index is 13.0. The molecule has 0 unspecified atom stereocenters. The summed E-state index contributed by atoms with van der Waals surface area (Å²) in [5.41, 5.74) is 2.33. The molecule has 5 aromatic rings. The number of hydrogen-bond acceptors (Lipinski definition) is 6. The highest BCUT2D eigenvalue weighted by Crippen LogP contribution is 2.29. The van der Waals surface area contributed by atoms with Gasteiger partial charge in [-0.05, 0) is 42.7 Å². The van der Waals surface area contributed by atoms with Crippen molar-refractivity contribution in [3.8, 4) is 23.3 Å². The summed E-state index contributed by atoms with van der Waals surface area (Å²) >= 11 is 0. The Balaban J connectivity index is 1.28. The number of aryl methyl sites for hydroxylation is 2. The van der Waals surface area contributed by atoms with Crippen molar-refractivity contribution in [2.24, 2.45) is 0 Å². The van der Waals surface area contributed by atoms with Crippen molar-refractivity contribution in [2.75, 3.05) is 6.61 Å². The van der Waals surface area contributed by atoms with Crippen LogP contribution >= 0.6 is 0 Å². The van der Waals surface area contributed by atoms with E-state index in [1.807, 2.05) is 60.7 Å². The molecule has 0 radical (unpaired) electrons. The van der Waals surface area contributed by atoms with Crippen LogP contribution in [-0.2, 0) is 30.4 Å². The first-order valence-electron chi connectivity index (χ1n) is 13.5. The Hall–Kier alpha value is -5.13. The highest BCUT2D eigenvalue weighted by Gasteiger charge is 2.30. The highest BCUT2D eigenvalue weighted by molar-refractivity contribution is 5.67. The largest absolute Gasteiger partial charge is 0.481 e. The number of carbonyl (C=O) groups is 1. The minimum atomic E-state index is -4.49. The van der Waals surface area contributed by atoms with Crippen molar-refractivity contribution < 1.29 is 32.5 Å². The van der Waals surface area contributed by atoms with Crippen LogP contribution in [0.2, 0.25) is 0 Å². The predicted octanol–water partition coefficient (Wildman–Crippen LogP) is 6.08. The summed E-state index contributed by atoms with van der Waals surface area (Å²) in [5.74, 6) is 0.0327. The number of nitrogens with zero attached hydrogens (tertiary/aromatic N) is 5. The monoisotopic (exact) mass is 591 g/mol. The summed E-state index contributed by atoms with van der Waals surface area (Å²) in [4.78, 5) is 15.1. The van der Waals surface area contributed by atoms with Crippen molar-refractivity contribution >= 4 is 5.97 Å². The Morgan fingerprint density at radius 2 is 1.65 bits per heavy atom. The predicted molar refractivity (Wildman–Crippen MR) is 150 cm³/mol. The van der Waals surface area contributed by atoms with Crippen LogP contribution in [0.1, 0.15) is 35.2 Å². The molecule has 222 valence electrons. The van der Waals surface area contributed by atoms with Gasteiger partial charge in [-0.15, -0.1) is 10.2 Å². The molecule has 0 aliphatic carbocycles. The van der Waals surface area contributed by atoms with E-state index < -0.39 is 17.7 Å². The summed E-state index contributed by atoms with van der Waals surface area (Å²) in [6.45, 7) is 0.559. The van der Waals surface area contributed by atoms with Gasteiger partial charge in [0.2, 0.25) is 11.8 Å². The van der Waals surface area contributed by atoms with Gasteiger partial charge in [-0.2, -0.15) is 13.2 Å². The molecule has 0 saturated carbocycles. The van der Waals surface area contributed by atoms with Crippen LogP contribution in [0.3, 0.4) is 0 Å². The van der Waals surface area contributed by atoms with Gasteiger partial charge in [-0.3, -0.25) is 4.79 Å². The van der Waals surface area contributed by atoms with Crippen molar-refractivity contribution in [1.82, 2.24) is 24.5 Å². The molecule has 43 heavy (non-hydrogen) atoms. The van der Waals surface area contributed by atoms with Crippen LogP contribution in [0, 0.1) is 0 Å². The molecule has 0 aliphatic rings. The fourth-order valence-corrected chi connectivity index (χ4v) is 4.33. The number of carboxylic acid groups (broad SMARTS) is 1. The number of ether oxygens (including phenoxy) is 2. The summed E-state index contributed by atoms with van der Waals surface area (Å²) in [6.07, 6.45) is -0.731. The number of halogens is 3. The van der Waals surface area contributed by atoms with E-state index in [2.05, 4.69) is 15.2 Å². The second kappa shape index (κ2) is 13.2. The van der Waals surface area contributed by atoms with Crippen molar-refractivity contribution in [2.45, 2.75) is 38.5 Å². The van der Waals surface area contributed by atoms with Gasteiger partial charge in [0, 0.05) is 36.1 Å². The zero-order valence-corrected chi connectivity index (χ0v) is 22.9. The molecule has 9 nitrogen and oxygen atoms in total. The van der Waals surface area contributed by atoms with E-state index in [0.29, 0.717) is 43.3 Å². The Morgan fingerprint density at radius 3 is 2.33 bits per heavy atom. The van der Waals surface area contributed by atoms with Crippen molar-refractivity contribution in [3.05, 3.63) is 114 Å². The molecule has 12 heteroatoms. The van der Waals surface area contributed by atoms with Gasteiger partial charge in [0.25, 0.3) is 0 Å². The van der Waals surface area contributed by atoms with Crippen LogP contribution in [0.15, 0.2) is 91.3 Å². The molecule has 0 amide bonds. The Bertz CT molecular complexity index is 1640. The molecule has 0 bridgehead atoms. The normalized spacial score (nSPS) is 11.4. The number of para-hydroxylation sites is 1. The second-order valence-corrected chi connectivity index (χ2v) is 9.65. The van der Waals surface area contributed by atoms with E-state index in [1.165, 1.54) is 10.7 Å². The smallest absolute Gasteiger partial charge is 0.417 e. The molecule has 2 aromatic carbocycles. The van der Waals surface area contributed by atoms with Crippen molar-refractivity contribution in [1.29, 1.82) is 0 Å². The van der Waals surface area contributed by atoms with Crippen LogP contribution in [0.5, 0.6) is 11.8 Å². The minimum absolute atomic E-state index is 0.0402. The standard InChI is InChI=1S/C31H28F3N5O4/c32-31(33,34)24-13-15-27(35-19-24)38-20-23(30(37-38)43-21-22-8-3-1-4-9-22)10-7-17-42-28-18-26(14-16-29(40)41)39(36-28)25-11-5-2-6-12-25/h1-6,8-9,11-13,15,18-20H,7,10,14,16-17,21H2,(H,40,41). The molecule has 3 heterocycles. The molecular weight excluding hydrogens is 563 g/mol. The first-order valence-corrected chi connectivity index (χ1v) is 13.5. The number of aromatic nitrogens is 5. The fraction of sp³-hybridized carbons (Fsp3) is 0.226. The average Bonchev–Trinajstić information content (AvgIpc) is 3.62. The molecular formula is C31H28F3N5O4. The van der Waals surface area contributed by atoms with Gasteiger partial charge in [0.05, 0.1) is 24.3 Å². The topological polar surface area (TPSA) is 104 Å². The SMILES string of the molecule is O=C(O)CCc1cc(OCCCc2cn(-c3ccc(C(F)(F)F)cn3)nc2OCc2ccccc2)nn1-c1ccccc1. The Kier molecular flexibility index (Phi) is 9.04.